The van der Waals surface area contributed by atoms with Crippen molar-refractivity contribution >= 4 is 35.4 Å². The van der Waals surface area contributed by atoms with Gasteiger partial charge >= 0.3 is 23.9 Å². The van der Waals surface area contributed by atoms with E-state index >= 15 is 0 Å². The van der Waals surface area contributed by atoms with E-state index in [1.807, 2.05) is 0 Å². The van der Waals surface area contributed by atoms with E-state index in [0.717, 1.165) is 40.6 Å². The van der Waals surface area contributed by atoms with Gasteiger partial charge in [-0.2, -0.15) is 0 Å². The molecule has 30 heavy (non-hydrogen) atoms. The molecule has 0 aliphatic carbocycles. The van der Waals surface area contributed by atoms with Crippen LogP contribution in [0.2, 0.25) is 0 Å². The summed E-state index contributed by atoms with van der Waals surface area (Å²) in [6, 6.07) is 0. The third-order valence-electron chi connectivity index (χ3n) is 3.69. The smallest absolute Gasteiger partial charge is 0.341 e. The lowest BCUT2D eigenvalue weighted by molar-refractivity contribution is -0.145. The summed E-state index contributed by atoms with van der Waals surface area (Å²) in [5.41, 5.74) is -0.900. The average Bonchev–Trinajstić information content (AvgIpc) is 2.74. The fourth-order valence-electron chi connectivity index (χ4n) is 2.05. The van der Waals surface area contributed by atoms with Gasteiger partial charge in [-0.05, 0) is 12.5 Å². The highest BCUT2D eigenvalue weighted by Gasteiger charge is 2.25. The molecule has 0 aromatic rings. The lowest BCUT2D eigenvalue weighted by atomic mass is 10.0. The van der Waals surface area contributed by atoms with Crippen LogP contribution in [0.25, 0.3) is 0 Å². The third-order valence-corrected chi connectivity index (χ3v) is 3.69. The van der Waals surface area contributed by atoms with Gasteiger partial charge in [0.2, 0.25) is 0 Å². The van der Waals surface area contributed by atoms with Crippen LogP contribution in [0.1, 0.15) is 19.3 Å². The molecule has 0 saturated heterocycles. The molecule has 0 rings (SSSR count). The standard InChI is InChI=1S/C19H24O11/c1-26-11(8-13(19(25)30-5)15(21)10-17(23)28-3)6-7-12(18(24)29-4)14(20)9-16(22)27-2/h7-8,11H,6,9-10H2,1-5H3/b12-7-,13-8-. The summed E-state index contributed by atoms with van der Waals surface area (Å²) in [5.74, 6) is -5.41. The highest BCUT2D eigenvalue weighted by atomic mass is 16.5. The van der Waals surface area contributed by atoms with Crippen LogP contribution in [0.3, 0.4) is 0 Å². The highest BCUT2D eigenvalue weighted by molar-refractivity contribution is 6.21. The maximum absolute atomic E-state index is 12.2. The van der Waals surface area contributed by atoms with E-state index in [9.17, 15) is 28.8 Å². The van der Waals surface area contributed by atoms with Crippen LogP contribution < -0.4 is 0 Å². The van der Waals surface area contributed by atoms with Crippen LogP contribution >= 0.6 is 0 Å². The maximum Gasteiger partial charge on any atom is 0.341 e. The van der Waals surface area contributed by atoms with Crippen LogP contribution in [0.4, 0.5) is 0 Å². The van der Waals surface area contributed by atoms with Crippen molar-refractivity contribution in [2.45, 2.75) is 25.4 Å². The first-order chi connectivity index (χ1) is 14.1. The third kappa shape index (κ3) is 8.78. The minimum Gasteiger partial charge on any atom is -0.469 e. The van der Waals surface area contributed by atoms with E-state index < -0.39 is 65.5 Å². The fourth-order valence-corrected chi connectivity index (χ4v) is 2.05. The number of Topliss-reactive ketones (excluding diaryl/α,β-unsaturated/α-hetero) is 2. The largest absolute Gasteiger partial charge is 0.469 e. The fraction of sp³-hybridized carbons (Fsp3) is 0.474. The van der Waals surface area contributed by atoms with E-state index in [0.29, 0.717) is 0 Å². The summed E-state index contributed by atoms with van der Waals surface area (Å²) in [6.45, 7) is 0. The zero-order chi connectivity index (χ0) is 23.3. The van der Waals surface area contributed by atoms with Crippen molar-refractivity contribution in [3.63, 3.8) is 0 Å². The van der Waals surface area contributed by atoms with Crippen molar-refractivity contribution in [3.05, 3.63) is 23.3 Å². The molecular weight excluding hydrogens is 404 g/mol. The topological polar surface area (TPSA) is 149 Å². The monoisotopic (exact) mass is 428 g/mol. The summed E-state index contributed by atoms with van der Waals surface area (Å²) >= 11 is 0. The van der Waals surface area contributed by atoms with Crippen molar-refractivity contribution in [1.29, 1.82) is 0 Å². The zero-order valence-corrected chi connectivity index (χ0v) is 17.3. The minimum atomic E-state index is -1.01. The molecule has 11 heteroatoms. The summed E-state index contributed by atoms with van der Waals surface area (Å²) in [4.78, 5) is 70.7. The number of hydrogen-bond acceptors (Lipinski definition) is 11. The van der Waals surface area contributed by atoms with Crippen LogP contribution in [0.15, 0.2) is 23.3 Å². The van der Waals surface area contributed by atoms with Crippen molar-refractivity contribution < 1.29 is 52.5 Å². The Labute approximate surface area is 172 Å². The molecule has 1 atom stereocenters. The second kappa shape index (κ2) is 13.8. The minimum absolute atomic E-state index is 0.153. The quantitative estimate of drug-likeness (QED) is 0.134. The predicted octanol–water partition coefficient (Wildman–Crippen LogP) is -0.145. The van der Waals surface area contributed by atoms with Crippen LogP contribution in [-0.4, -0.2) is 77.1 Å². The molecule has 0 aliphatic heterocycles. The lowest BCUT2D eigenvalue weighted by Crippen LogP contribution is -2.22. The average molecular weight is 428 g/mol. The first kappa shape index (κ1) is 26.7. The summed E-state index contributed by atoms with van der Waals surface area (Å²) in [7, 11) is 5.52. The number of hydrogen-bond donors (Lipinski definition) is 0. The van der Waals surface area contributed by atoms with Gasteiger partial charge in [0.05, 0.1) is 40.1 Å². The van der Waals surface area contributed by atoms with Crippen molar-refractivity contribution in [3.8, 4) is 0 Å². The number of carbonyl (C=O) groups excluding carboxylic acids is 6. The number of ether oxygens (including phenoxy) is 5. The molecule has 0 aromatic heterocycles. The van der Waals surface area contributed by atoms with Gasteiger partial charge in [0.15, 0.2) is 11.6 Å². The number of methoxy groups -OCH3 is 5. The van der Waals surface area contributed by atoms with Gasteiger partial charge < -0.3 is 23.7 Å². The molecule has 0 spiro atoms. The molecule has 0 N–H and O–H groups in total. The predicted molar refractivity (Wildman–Crippen MR) is 98.9 cm³/mol. The SMILES string of the molecule is COC(=O)CC(=O)/C(=C/CC(/C=C(/C(=O)CC(=O)OC)C(=O)OC)OC)C(=O)OC. The Balaban J connectivity index is 5.78. The van der Waals surface area contributed by atoms with Gasteiger partial charge in [0.1, 0.15) is 18.4 Å². The molecule has 0 heterocycles. The Kier molecular flexibility index (Phi) is 12.2. The number of ketones is 2. The number of carbonyl (C=O) groups is 6. The second-order valence-electron chi connectivity index (χ2n) is 5.54. The Morgan fingerprint density at radius 1 is 0.667 bits per heavy atom. The van der Waals surface area contributed by atoms with Crippen LogP contribution in [-0.2, 0) is 52.5 Å². The molecule has 166 valence electrons. The van der Waals surface area contributed by atoms with Gasteiger partial charge in [-0.15, -0.1) is 0 Å². The molecule has 0 radical (unpaired) electrons. The van der Waals surface area contributed by atoms with E-state index in [4.69, 9.17) is 4.74 Å². The van der Waals surface area contributed by atoms with Crippen molar-refractivity contribution in [2.24, 2.45) is 0 Å². The zero-order valence-electron chi connectivity index (χ0n) is 17.3. The summed E-state index contributed by atoms with van der Waals surface area (Å²) < 4.78 is 23.0. The van der Waals surface area contributed by atoms with E-state index in [1.54, 1.807) is 0 Å². The van der Waals surface area contributed by atoms with Gasteiger partial charge in [-0.3, -0.25) is 19.2 Å². The summed E-state index contributed by atoms with van der Waals surface area (Å²) in [5, 5.41) is 0. The highest BCUT2D eigenvalue weighted by Crippen LogP contribution is 2.13. The first-order valence-electron chi connectivity index (χ1n) is 8.46. The molecule has 0 saturated carbocycles. The Bertz CT molecular complexity index is 746. The van der Waals surface area contributed by atoms with Crippen LogP contribution in [0.5, 0.6) is 0 Å². The molecule has 0 fully saturated rings. The van der Waals surface area contributed by atoms with Gasteiger partial charge in [0.25, 0.3) is 0 Å². The van der Waals surface area contributed by atoms with E-state index in [1.165, 1.54) is 7.11 Å². The number of rotatable bonds is 12. The second-order valence-corrected chi connectivity index (χ2v) is 5.54. The molecule has 0 aromatic carbocycles. The summed E-state index contributed by atoms with van der Waals surface area (Å²) in [6.07, 6.45) is -0.273. The molecule has 0 amide bonds. The van der Waals surface area contributed by atoms with Gasteiger partial charge in [-0.1, -0.05) is 6.08 Å². The van der Waals surface area contributed by atoms with Gasteiger partial charge in [-0.25, -0.2) is 9.59 Å². The lowest BCUT2D eigenvalue weighted by Gasteiger charge is -2.12. The molecule has 11 nitrogen and oxygen atoms in total. The number of esters is 4. The Morgan fingerprint density at radius 2 is 1.10 bits per heavy atom. The normalized spacial score (nSPS) is 12.4. The maximum atomic E-state index is 12.2. The Hall–Kier alpha value is -3.34. The molecular formula is C19H24O11. The van der Waals surface area contributed by atoms with E-state index in [2.05, 4.69) is 18.9 Å². The first-order valence-corrected chi connectivity index (χ1v) is 8.46. The van der Waals surface area contributed by atoms with Crippen LogP contribution in [0, 0.1) is 0 Å². The molecule has 1 unspecified atom stereocenters. The van der Waals surface area contributed by atoms with E-state index in [-0.39, 0.29) is 6.42 Å². The van der Waals surface area contributed by atoms with Gasteiger partial charge in [0, 0.05) is 7.11 Å². The van der Waals surface area contributed by atoms with Crippen molar-refractivity contribution in [1.82, 2.24) is 0 Å². The molecule has 0 aliphatic rings. The molecule has 0 bridgehead atoms. The Morgan fingerprint density at radius 3 is 1.50 bits per heavy atom. The van der Waals surface area contributed by atoms with Crippen molar-refractivity contribution in [2.75, 3.05) is 35.5 Å².